The fourth-order valence-electron chi connectivity index (χ4n) is 4.39. The molecule has 0 N–H and O–H groups in total. The normalized spacial score (nSPS) is 16.0. The minimum absolute atomic E-state index is 0.648. The summed E-state index contributed by atoms with van der Waals surface area (Å²) in [4.78, 5) is 0. The maximum absolute atomic E-state index is 5.26. The van der Waals surface area contributed by atoms with Crippen LogP contribution in [0.5, 0.6) is 0 Å². The van der Waals surface area contributed by atoms with Crippen LogP contribution in [0.2, 0.25) is 0 Å². The van der Waals surface area contributed by atoms with Crippen LogP contribution in [0.1, 0.15) is 161 Å². The zero-order valence-electron chi connectivity index (χ0n) is 19.7. The lowest BCUT2D eigenvalue weighted by molar-refractivity contribution is 0.387. The molecule has 1 heteroatoms. The average Bonchev–Trinajstić information content (AvgIpc) is 3.53. The number of hydrogen-bond donors (Lipinski definition) is 0. The first kappa shape index (κ1) is 26.0. The summed E-state index contributed by atoms with van der Waals surface area (Å²) in [5.41, 5.74) is 0. The molecule has 168 valence electrons. The Morgan fingerprint density at radius 3 is 0.929 bits per heavy atom. The number of epoxide rings is 1. The number of ether oxygens (including phenoxy) is 1. The SMILES string of the molecule is CCCCCCCCCCCCCCCCCCCCCCCCCC1CO1. The molecule has 1 aliphatic heterocycles. The molecule has 0 bridgehead atoms. The zero-order valence-corrected chi connectivity index (χ0v) is 19.7. The number of unbranched alkanes of at least 4 members (excludes halogenated alkanes) is 22. The maximum atomic E-state index is 5.26. The number of hydrogen-bond acceptors (Lipinski definition) is 1. The molecule has 0 aromatic heterocycles. The van der Waals surface area contributed by atoms with Crippen LogP contribution < -0.4 is 0 Å². The van der Waals surface area contributed by atoms with Crippen LogP contribution >= 0.6 is 0 Å². The van der Waals surface area contributed by atoms with E-state index in [1.165, 1.54) is 154 Å². The maximum Gasteiger partial charge on any atom is 0.0810 e. The smallest absolute Gasteiger partial charge is 0.0810 e. The van der Waals surface area contributed by atoms with Crippen molar-refractivity contribution in [2.75, 3.05) is 6.61 Å². The van der Waals surface area contributed by atoms with Gasteiger partial charge in [-0.3, -0.25) is 0 Å². The Morgan fingerprint density at radius 2 is 0.679 bits per heavy atom. The lowest BCUT2D eigenvalue weighted by Gasteiger charge is -2.04. The van der Waals surface area contributed by atoms with Crippen LogP contribution in [-0.4, -0.2) is 12.7 Å². The van der Waals surface area contributed by atoms with Crippen molar-refractivity contribution < 1.29 is 4.74 Å². The molecular formula is C27H54O. The minimum Gasteiger partial charge on any atom is -0.373 e. The van der Waals surface area contributed by atoms with Gasteiger partial charge >= 0.3 is 0 Å². The van der Waals surface area contributed by atoms with Crippen molar-refractivity contribution in [3.8, 4) is 0 Å². The van der Waals surface area contributed by atoms with Gasteiger partial charge in [-0.1, -0.05) is 155 Å². The summed E-state index contributed by atoms with van der Waals surface area (Å²) in [6, 6.07) is 0. The van der Waals surface area contributed by atoms with Gasteiger partial charge in [-0.05, 0) is 6.42 Å². The van der Waals surface area contributed by atoms with Gasteiger partial charge in [0.15, 0.2) is 0 Å². The summed E-state index contributed by atoms with van der Waals surface area (Å²) >= 11 is 0. The highest BCUT2D eigenvalue weighted by molar-refractivity contribution is 4.68. The van der Waals surface area contributed by atoms with Crippen molar-refractivity contribution in [1.29, 1.82) is 0 Å². The quantitative estimate of drug-likeness (QED) is 0.117. The highest BCUT2D eigenvalue weighted by atomic mass is 16.6. The second kappa shape index (κ2) is 21.7. The summed E-state index contributed by atoms with van der Waals surface area (Å²) in [7, 11) is 0. The zero-order chi connectivity index (χ0) is 20.0. The molecule has 1 nitrogen and oxygen atoms in total. The van der Waals surface area contributed by atoms with Crippen molar-refractivity contribution in [3.63, 3.8) is 0 Å². The molecule has 1 atom stereocenters. The lowest BCUT2D eigenvalue weighted by atomic mass is 10.0. The van der Waals surface area contributed by atoms with Crippen LogP contribution in [0.4, 0.5) is 0 Å². The topological polar surface area (TPSA) is 12.5 Å². The van der Waals surface area contributed by atoms with Crippen molar-refractivity contribution >= 4 is 0 Å². The molecule has 1 rings (SSSR count). The van der Waals surface area contributed by atoms with Crippen molar-refractivity contribution in [1.82, 2.24) is 0 Å². The summed E-state index contributed by atoms with van der Waals surface area (Å²) < 4.78 is 5.26. The number of rotatable bonds is 24. The molecule has 0 aromatic carbocycles. The third kappa shape index (κ3) is 20.7. The Hall–Kier alpha value is -0.0400. The Bertz CT molecular complexity index is 284. The van der Waals surface area contributed by atoms with Gasteiger partial charge < -0.3 is 4.74 Å². The fraction of sp³-hybridized carbons (Fsp3) is 1.00. The standard InChI is InChI=1S/C27H54O/c1-2-3-4-5-6-7-8-9-10-11-12-13-14-15-16-17-18-19-20-21-22-23-24-25-27-26-28-27/h27H,2-26H2,1H3. The van der Waals surface area contributed by atoms with E-state index in [-0.39, 0.29) is 0 Å². The van der Waals surface area contributed by atoms with E-state index in [2.05, 4.69) is 6.92 Å². The summed E-state index contributed by atoms with van der Waals surface area (Å²) in [6.45, 7) is 3.34. The molecule has 1 saturated heterocycles. The van der Waals surface area contributed by atoms with E-state index in [9.17, 15) is 0 Å². The van der Waals surface area contributed by atoms with E-state index in [4.69, 9.17) is 4.74 Å². The summed E-state index contributed by atoms with van der Waals surface area (Å²) in [5, 5.41) is 0. The minimum atomic E-state index is 0.648. The van der Waals surface area contributed by atoms with Crippen molar-refractivity contribution in [3.05, 3.63) is 0 Å². The van der Waals surface area contributed by atoms with Gasteiger partial charge in [0.1, 0.15) is 0 Å². The highest BCUT2D eigenvalue weighted by Crippen LogP contribution is 2.19. The van der Waals surface area contributed by atoms with Crippen molar-refractivity contribution in [2.45, 2.75) is 167 Å². The molecule has 0 spiro atoms. The molecule has 0 saturated carbocycles. The lowest BCUT2D eigenvalue weighted by Crippen LogP contribution is -1.86. The first-order chi connectivity index (χ1) is 13.9. The Labute approximate surface area is 178 Å². The molecule has 1 unspecified atom stereocenters. The van der Waals surface area contributed by atoms with Crippen LogP contribution in [0.25, 0.3) is 0 Å². The Kier molecular flexibility index (Phi) is 20.1. The van der Waals surface area contributed by atoms with Gasteiger partial charge in [0.2, 0.25) is 0 Å². The van der Waals surface area contributed by atoms with E-state index in [0.717, 1.165) is 6.61 Å². The van der Waals surface area contributed by atoms with E-state index >= 15 is 0 Å². The molecule has 0 aromatic rings. The highest BCUT2D eigenvalue weighted by Gasteiger charge is 2.20. The van der Waals surface area contributed by atoms with Crippen LogP contribution in [0.3, 0.4) is 0 Å². The molecule has 1 fully saturated rings. The third-order valence-corrected chi connectivity index (χ3v) is 6.53. The first-order valence-electron chi connectivity index (χ1n) is 13.5. The van der Waals surface area contributed by atoms with Gasteiger partial charge in [-0.2, -0.15) is 0 Å². The van der Waals surface area contributed by atoms with Gasteiger partial charge in [0.05, 0.1) is 12.7 Å². The van der Waals surface area contributed by atoms with Crippen LogP contribution in [0, 0.1) is 0 Å². The molecule has 1 heterocycles. The van der Waals surface area contributed by atoms with Gasteiger partial charge in [0.25, 0.3) is 0 Å². The van der Waals surface area contributed by atoms with E-state index in [1.807, 2.05) is 0 Å². The van der Waals surface area contributed by atoms with Crippen molar-refractivity contribution in [2.24, 2.45) is 0 Å². The molecule has 0 amide bonds. The summed E-state index contributed by atoms with van der Waals surface area (Å²) in [5.74, 6) is 0. The fourth-order valence-corrected chi connectivity index (χ4v) is 4.39. The predicted octanol–water partition coefficient (Wildman–Crippen LogP) is 9.77. The Balaban J connectivity index is 1.58. The monoisotopic (exact) mass is 394 g/mol. The molecular weight excluding hydrogens is 340 g/mol. The van der Waals surface area contributed by atoms with E-state index in [0.29, 0.717) is 6.10 Å². The van der Waals surface area contributed by atoms with E-state index in [1.54, 1.807) is 0 Å². The van der Waals surface area contributed by atoms with Gasteiger partial charge in [0, 0.05) is 0 Å². The third-order valence-electron chi connectivity index (χ3n) is 6.53. The molecule has 0 aliphatic carbocycles. The summed E-state index contributed by atoms with van der Waals surface area (Å²) in [6.07, 6.45) is 35.7. The largest absolute Gasteiger partial charge is 0.373 e. The average molecular weight is 395 g/mol. The Morgan fingerprint density at radius 1 is 0.429 bits per heavy atom. The molecule has 0 radical (unpaired) electrons. The van der Waals surface area contributed by atoms with Crippen LogP contribution in [0.15, 0.2) is 0 Å². The van der Waals surface area contributed by atoms with Crippen LogP contribution in [-0.2, 0) is 4.74 Å². The second-order valence-electron chi connectivity index (χ2n) is 9.52. The first-order valence-corrected chi connectivity index (χ1v) is 13.5. The molecule has 28 heavy (non-hydrogen) atoms. The van der Waals surface area contributed by atoms with E-state index < -0.39 is 0 Å². The van der Waals surface area contributed by atoms with Gasteiger partial charge in [-0.15, -0.1) is 0 Å². The predicted molar refractivity (Wildman–Crippen MR) is 126 cm³/mol. The van der Waals surface area contributed by atoms with Gasteiger partial charge in [-0.25, -0.2) is 0 Å². The second-order valence-corrected chi connectivity index (χ2v) is 9.52. The molecule has 1 aliphatic rings.